The maximum Gasteiger partial charge on any atom is 0.0979 e. The molecule has 0 fully saturated rings. The van der Waals surface area contributed by atoms with Crippen molar-refractivity contribution in [2.24, 2.45) is 0 Å². The molecule has 4 nitrogen and oxygen atoms in total. The van der Waals surface area contributed by atoms with E-state index in [1.165, 1.54) is 54.4 Å². The third kappa shape index (κ3) is 4.02. The fourth-order valence-electron chi connectivity index (χ4n) is 8.41. The lowest BCUT2D eigenvalue weighted by Gasteiger charge is -2.17. The molecule has 0 bridgehead atoms. The fourth-order valence-corrected chi connectivity index (χ4v) is 8.41. The van der Waals surface area contributed by atoms with Crippen LogP contribution in [0.4, 0.5) is 0 Å². The lowest BCUT2D eigenvalue weighted by atomic mass is 9.99. The number of hydrogen-bond acceptors (Lipinski definition) is 2. The Morgan fingerprint density at radius 2 is 0.686 bits per heavy atom. The molecule has 0 saturated heterocycles. The summed E-state index contributed by atoms with van der Waals surface area (Å²) in [6.07, 6.45) is 0. The molecule has 0 spiro atoms. The van der Waals surface area contributed by atoms with Crippen LogP contribution < -0.4 is 0 Å². The number of aryl methyl sites for hydroxylation is 1. The Bertz CT molecular complexity index is 2980. The van der Waals surface area contributed by atoms with Crippen LogP contribution in [-0.2, 0) is 0 Å². The molecule has 4 heteroatoms. The molecule has 0 amide bonds. The lowest BCUT2D eigenvalue weighted by molar-refractivity contribution is 1.13. The molecule has 3 aromatic heterocycles. The minimum atomic E-state index is 0.882. The van der Waals surface area contributed by atoms with E-state index in [-0.39, 0.29) is 0 Å². The molecule has 0 saturated carbocycles. The first-order valence-electron chi connectivity index (χ1n) is 17.4. The largest absolute Gasteiger partial charge is 0.309 e. The van der Waals surface area contributed by atoms with Crippen LogP contribution in [0.15, 0.2) is 164 Å². The molecule has 0 aliphatic rings. The van der Waals surface area contributed by atoms with Crippen LogP contribution in [-0.4, -0.2) is 19.1 Å². The van der Waals surface area contributed by atoms with Gasteiger partial charge in [0.15, 0.2) is 0 Å². The summed E-state index contributed by atoms with van der Waals surface area (Å²) in [4.78, 5) is 10.9. The van der Waals surface area contributed by atoms with Crippen LogP contribution >= 0.6 is 0 Å². The number of rotatable bonds is 3. The van der Waals surface area contributed by atoms with Crippen LogP contribution in [0.2, 0.25) is 0 Å². The van der Waals surface area contributed by atoms with Crippen LogP contribution in [0.5, 0.6) is 0 Å². The second-order valence-electron chi connectivity index (χ2n) is 13.4. The minimum absolute atomic E-state index is 0.882. The van der Waals surface area contributed by atoms with Gasteiger partial charge in [-0.3, -0.25) is 0 Å². The number of aromatic nitrogens is 4. The van der Waals surface area contributed by atoms with Gasteiger partial charge in [0.25, 0.3) is 0 Å². The van der Waals surface area contributed by atoms with Gasteiger partial charge in [0.2, 0.25) is 0 Å². The van der Waals surface area contributed by atoms with E-state index >= 15 is 0 Å². The highest BCUT2D eigenvalue weighted by Gasteiger charge is 2.20. The maximum atomic E-state index is 5.54. The smallest absolute Gasteiger partial charge is 0.0979 e. The Kier molecular flexibility index (Phi) is 5.84. The zero-order chi connectivity index (χ0) is 33.6. The van der Waals surface area contributed by atoms with Gasteiger partial charge in [-0.25, -0.2) is 9.97 Å². The third-order valence-corrected chi connectivity index (χ3v) is 10.6. The summed E-state index contributed by atoms with van der Waals surface area (Å²) >= 11 is 0. The maximum absolute atomic E-state index is 5.54. The van der Waals surface area contributed by atoms with Gasteiger partial charge in [-0.1, -0.05) is 121 Å². The van der Waals surface area contributed by atoms with Gasteiger partial charge in [-0.2, -0.15) is 0 Å². The molecular weight excluding hydrogens is 621 g/mol. The van der Waals surface area contributed by atoms with Crippen molar-refractivity contribution in [3.05, 3.63) is 169 Å². The molecular formula is C47H30N4. The summed E-state index contributed by atoms with van der Waals surface area (Å²) in [5, 5.41) is 9.56. The number of benzene rings is 8. The van der Waals surface area contributed by atoms with Crippen LogP contribution in [0.3, 0.4) is 0 Å². The van der Waals surface area contributed by atoms with E-state index in [1.54, 1.807) is 0 Å². The number of fused-ring (bicyclic) bond motifs is 12. The van der Waals surface area contributed by atoms with Gasteiger partial charge in [-0.15, -0.1) is 0 Å². The molecule has 8 aromatic carbocycles. The summed E-state index contributed by atoms with van der Waals surface area (Å²) in [7, 11) is 0. The standard InChI is InChI=1S/C47H30N4/c1-29-45(49-47-40-21-5-3-15-34(40)33-14-2-4-20-39(33)46(47)48-29)30-26-31(50-41-22-10-6-16-35(41)36-17-7-11-23-42(36)50)28-32(27-30)51-43-24-12-8-18-37(43)38-19-9-13-25-44(38)51/h2-28H,1H3. The first kappa shape index (κ1) is 28.1. The molecule has 3 heterocycles. The van der Waals surface area contributed by atoms with Crippen molar-refractivity contribution in [2.75, 3.05) is 0 Å². The van der Waals surface area contributed by atoms with E-state index in [1.807, 2.05) is 0 Å². The number of para-hydroxylation sites is 4. The first-order chi connectivity index (χ1) is 25.2. The average molecular weight is 651 g/mol. The highest BCUT2D eigenvalue weighted by atomic mass is 15.0. The summed E-state index contributed by atoms with van der Waals surface area (Å²) < 4.78 is 4.80. The van der Waals surface area contributed by atoms with Crippen molar-refractivity contribution >= 4 is 76.2 Å². The van der Waals surface area contributed by atoms with Crippen molar-refractivity contribution in [3.63, 3.8) is 0 Å². The number of hydrogen-bond donors (Lipinski definition) is 0. The van der Waals surface area contributed by atoms with Crippen LogP contribution in [0, 0.1) is 6.92 Å². The zero-order valence-electron chi connectivity index (χ0n) is 27.9. The zero-order valence-corrected chi connectivity index (χ0v) is 27.9. The molecule has 11 rings (SSSR count). The summed E-state index contributed by atoms with van der Waals surface area (Å²) in [5.41, 5.74) is 11.5. The first-order valence-corrected chi connectivity index (χ1v) is 17.4. The van der Waals surface area contributed by atoms with Gasteiger partial charge >= 0.3 is 0 Å². The number of nitrogens with zero attached hydrogens (tertiary/aromatic N) is 4. The highest BCUT2D eigenvalue weighted by Crippen LogP contribution is 2.39. The van der Waals surface area contributed by atoms with Gasteiger partial charge in [0, 0.05) is 49.3 Å². The minimum Gasteiger partial charge on any atom is -0.309 e. The average Bonchev–Trinajstić information content (AvgIpc) is 3.71. The van der Waals surface area contributed by atoms with Crippen molar-refractivity contribution < 1.29 is 0 Å². The molecule has 238 valence electrons. The Labute approximate surface area is 293 Å². The molecule has 0 N–H and O–H groups in total. The SMILES string of the molecule is Cc1nc2c3ccccc3c3ccccc3c2nc1-c1cc(-n2c3ccccc3c3ccccc32)cc(-n2c3ccccc3c3ccccc32)c1. The third-order valence-electron chi connectivity index (χ3n) is 10.6. The second kappa shape index (κ2) is 10.6. The second-order valence-corrected chi connectivity index (χ2v) is 13.4. The normalized spacial score (nSPS) is 12.0. The molecule has 0 aliphatic carbocycles. The topological polar surface area (TPSA) is 35.6 Å². The van der Waals surface area contributed by atoms with E-state index in [4.69, 9.17) is 9.97 Å². The lowest BCUT2D eigenvalue weighted by Crippen LogP contribution is -2.02. The Morgan fingerprint density at radius 3 is 1.10 bits per heavy atom. The predicted octanol–water partition coefficient (Wildman–Crippen LogP) is 12.1. The van der Waals surface area contributed by atoms with E-state index in [0.717, 1.165) is 50.1 Å². The molecule has 0 atom stereocenters. The highest BCUT2D eigenvalue weighted by molar-refractivity contribution is 6.23. The van der Waals surface area contributed by atoms with E-state index < -0.39 is 0 Å². The predicted molar refractivity (Wildman–Crippen MR) is 213 cm³/mol. The molecule has 11 aromatic rings. The summed E-state index contributed by atoms with van der Waals surface area (Å²) in [6.45, 7) is 2.10. The molecule has 51 heavy (non-hydrogen) atoms. The van der Waals surface area contributed by atoms with Crippen molar-refractivity contribution in [2.45, 2.75) is 6.92 Å². The summed E-state index contributed by atoms with van der Waals surface area (Å²) in [6, 6.07) is 58.8. The van der Waals surface area contributed by atoms with E-state index in [9.17, 15) is 0 Å². The summed E-state index contributed by atoms with van der Waals surface area (Å²) in [5.74, 6) is 0. The fraction of sp³-hybridized carbons (Fsp3) is 0.0213. The Balaban J connectivity index is 1.28. The van der Waals surface area contributed by atoms with Gasteiger partial charge in [0.1, 0.15) is 0 Å². The molecule has 0 unspecified atom stereocenters. The van der Waals surface area contributed by atoms with E-state index in [0.29, 0.717) is 0 Å². The van der Waals surface area contributed by atoms with Gasteiger partial charge < -0.3 is 9.13 Å². The monoisotopic (exact) mass is 650 g/mol. The Hall–Kier alpha value is -6.78. The molecule has 0 radical (unpaired) electrons. The van der Waals surface area contributed by atoms with Crippen LogP contribution in [0.1, 0.15) is 5.69 Å². The quantitative estimate of drug-likeness (QED) is 0.178. The van der Waals surface area contributed by atoms with E-state index in [2.05, 4.69) is 180 Å². The van der Waals surface area contributed by atoms with Crippen LogP contribution in [0.25, 0.3) is 98.8 Å². The van der Waals surface area contributed by atoms with Gasteiger partial charge in [0.05, 0.1) is 44.5 Å². The van der Waals surface area contributed by atoms with Crippen molar-refractivity contribution in [3.8, 4) is 22.6 Å². The van der Waals surface area contributed by atoms with Gasteiger partial charge in [-0.05, 0) is 60.2 Å². The Morgan fingerprint density at radius 1 is 0.353 bits per heavy atom. The van der Waals surface area contributed by atoms with Crippen molar-refractivity contribution in [1.82, 2.24) is 19.1 Å². The van der Waals surface area contributed by atoms with Crippen molar-refractivity contribution in [1.29, 1.82) is 0 Å². The molecule has 0 aliphatic heterocycles.